The molecule has 0 bridgehead atoms. The molecule has 1 atom stereocenters. The number of rotatable bonds is 2. The Hall–Kier alpha value is -0.830. The van der Waals surface area contributed by atoms with Crippen molar-refractivity contribution in [3.05, 3.63) is 11.8 Å². The molecule has 0 aromatic carbocycles. The third-order valence-corrected chi connectivity index (χ3v) is 2.55. The van der Waals surface area contributed by atoms with Crippen molar-refractivity contribution in [2.75, 3.05) is 6.61 Å². The van der Waals surface area contributed by atoms with Crippen molar-refractivity contribution < 1.29 is 14.3 Å². The summed E-state index contributed by atoms with van der Waals surface area (Å²) in [6.07, 6.45) is 5.38. The summed E-state index contributed by atoms with van der Waals surface area (Å²) in [6, 6.07) is 0. The van der Waals surface area contributed by atoms with E-state index in [0.29, 0.717) is 5.76 Å². The lowest BCUT2D eigenvalue weighted by Gasteiger charge is -2.26. The van der Waals surface area contributed by atoms with Gasteiger partial charge in [-0.1, -0.05) is 20.8 Å². The standard InChI is InChI=1S/C13H22O3/c1-10(14)16-12(13(2,3)4)9-11-7-5-6-8-15-11/h9,11H,5-8H2,1-4H3/b12-9-. The lowest BCUT2D eigenvalue weighted by atomic mass is 9.92. The van der Waals surface area contributed by atoms with Crippen LogP contribution in [0.3, 0.4) is 0 Å². The molecule has 3 nitrogen and oxygen atoms in total. The van der Waals surface area contributed by atoms with E-state index in [1.807, 2.05) is 26.8 Å². The molecule has 1 unspecified atom stereocenters. The Kier molecular flexibility index (Phi) is 4.54. The van der Waals surface area contributed by atoms with E-state index in [1.54, 1.807) is 0 Å². The Bertz CT molecular complexity index is 267. The van der Waals surface area contributed by atoms with E-state index >= 15 is 0 Å². The number of hydrogen-bond donors (Lipinski definition) is 0. The molecule has 16 heavy (non-hydrogen) atoms. The van der Waals surface area contributed by atoms with Crippen LogP contribution in [0, 0.1) is 5.41 Å². The molecule has 92 valence electrons. The number of ether oxygens (including phenoxy) is 2. The van der Waals surface area contributed by atoms with Gasteiger partial charge in [0.2, 0.25) is 0 Å². The predicted molar refractivity (Wildman–Crippen MR) is 62.9 cm³/mol. The van der Waals surface area contributed by atoms with Crippen LogP contribution in [0.25, 0.3) is 0 Å². The van der Waals surface area contributed by atoms with E-state index < -0.39 is 0 Å². The molecule has 1 aliphatic rings. The van der Waals surface area contributed by atoms with Crippen molar-refractivity contribution in [1.82, 2.24) is 0 Å². The van der Waals surface area contributed by atoms with Gasteiger partial charge < -0.3 is 9.47 Å². The Morgan fingerprint density at radius 3 is 2.50 bits per heavy atom. The van der Waals surface area contributed by atoms with E-state index in [9.17, 15) is 4.79 Å². The minimum atomic E-state index is -0.267. The molecule has 1 aliphatic heterocycles. The monoisotopic (exact) mass is 226 g/mol. The van der Waals surface area contributed by atoms with Gasteiger partial charge in [0, 0.05) is 18.9 Å². The van der Waals surface area contributed by atoms with Gasteiger partial charge in [0.15, 0.2) is 0 Å². The highest BCUT2D eigenvalue weighted by Gasteiger charge is 2.23. The van der Waals surface area contributed by atoms with Crippen LogP contribution in [0.15, 0.2) is 11.8 Å². The van der Waals surface area contributed by atoms with Crippen molar-refractivity contribution in [1.29, 1.82) is 0 Å². The second-order valence-corrected chi connectivity index (χ2v) is 5.28. The summed E-state index contributed by atoms with van der Waals surface area (Å²) in [5.41, 5.74) is -0.160. The van der Waals surface area contributed by atoms with E-state index in [1.165, 1.54) is 13.3 Å². The predicted octanol–water partition coefficient (Wildman–Crippen LogP) is 3.05. The van der Waals surface area contributed by atoms with Crippen molar-refractivity contribution in [3.63, 3.8) is 0 Å². The van der Waals surface area contributed by atoms with Crippen LogP contribution >= 0.6 is 0 Å². The van der Waals surface area contributed by atoms with E-state index in [2.05, 4.69) is 0 Å². The Morgan fingerprint density at radius 2 is 2.06 bits per heavy atom. The number of esters is 1. The Balaban J connectivity index is 2.73. The molecule has 1 heterocycles. The largest absolute Gasteiger partial charge is 0.431 e. The molecule has 1 rings (SSSR count). The first-order chi connectivity index (χ1) is 7.39. The first-order valence-electron chi connectivity index (χ1n) is 5.92. The molecule has 0 radical (unpaired) electrons. The van der Waals surface area contributed by atoms with Crippen LogP contribution in [0.5, 0.6) is 0 Å². The molecular formula is C13H22O3. The maximum Gasteiger partial charge on any atom is 0.307 e. The maximum absolute atomic E-state index is 11.0. The summed E-state index contributed by atoms with van der Waals surface area (Å²) >= 11 is 0. The fraction of sp³-hybridized carbons (Fsp3) is 0.769. The molecule has 0 saturated carbocycles. The van der Waals surface area contributed by atoms with Crippen LogP contribution < -0.4 is 0 Å². The van der Waals surface area contributed by atoms with Crippen molar-refractivity contribution in [2.45, 2.75) is 53.1 Å². The van der Waals surface area contributed by atoms with Crippen molar-refractivity contribution in [2.24, 2.45) is 5.41 Å². The highest BCUT2D eigenvalue weighted by molar-refractivity contribution is 5.67. The van der Waals surface area contributed by atoms with Crippen LogP contribution in [0.1, 0.15) is 47.0 Å². The fourth-order valence-electron chi connectivity index (χ4n) is 1.66. The van der Waals surface area contributed by atoms with Crippen LogP contribution in [-0.2, 0) is 14.3 Å². The van der Waals surface area contributed by atoms with Gasteiger partial charge in [0.25, 0.3) is 0 Å². The summed E-state index contributed by atoms with van der Waals surface area (Å²) in [7, 11) is 0. The first-order valence-corrected chi connectivity index (χ1v) is 5.92. The minimum absolute atomic E-state index is 0.0994. The van der Waals surface area contributed by atoms with E-state index in [4.69, 9.17) is 9.47 Å². The summed E-state index contributed by atoms with van der Waals surface area (Å²) in [5, 5.41) is 0. The molecule has 0 spiro atoms. The van der Waals surface area contributed by atoms with Gasteiger partial charge in [-0.25, -0.2) is 0 Å². The third-order valence-electron chi connectivity index (χ3n) is 2.55. The van der Waals surface area contributed by atoms with E-state index in [-0.39, 0.29) is 17.5 Å². The quantitative estimate of drug-likeness (QED) is 0.536. The Morgan fingerprint density at radius 1 is 1.38 bits per heavy atom. The minimum Gasteiger partial charge on any atom is -0.431 e. The second kappa shape index (κ2) is 5.48. The highest BCUT2D eigenvalue weighted by atomic mass is 16.5. The summed E-state index contributed by atoms with van der Waals surface area (Å²) in [4.78, 5) is 11.0. The molecule has 0 aromatic heterocycles. The van der Waals surface area contributed by atoms with Gasteiger partial charge >= 0.3 is 5.97 Å². The number of carbonyl (C=O) groups is 1. The van der Waals surface area contributed by atoms with Gasteiger partial charge in [-0.15, -0.1) is 0 Å². The van der Waals surface area contributed by atoms with Crippen molar-refractivity contribution in [3.8, 4) is 0 Å². The third kappa shape index (κ3) is 4.35. The summed E-state index contributed by atoms with van der Waals surface area (Å²) < 4.78 is 10.9. The highest BCUT2D eigenvalue weighted by Crippen LogP contribution is 2.28. The van der Waals surface area contributed by atoms with Crippen molar-refractivity contribution >= 4 is 5.97 Å². The SMILES string of the molecule is CC(=O)O/C(=C\C1CCCCO1)C(C)(C)C. The average molecular weight is 226 g/mol. The van der Waals surface area contributed by atoms with Crippen LogP contribution in [0.4, 0.5) is 0 Å². The van der Waals surface area contributed by atoms with Gasteiger partial charge in [-0.2, -0.15) is 0 Å². The lowest BCUT2D eigenvalue weighted by Crippen LogP contribution is -2.21. The summed E-state index contributed by atoms with van der Waals surface area (Å²) in [5.74, 6) is 0.448. The first kappa shape index (κ1) is 13.2. The molecule has 1 saturated heterocycles. The van der Waals surface area contributed by atoms with Crippen LogP contribution in [0.2, 0.25) is 0 Å². The molecular weight excluding hydrogens is 204 g/mol. The molecule has 3 heteroatoms. The van der Waals surface area contributed by atoms with Gasteiger partial charge in [-0.05, 0) is 25.3 Å². The Labute approximate surface area is 97.8 Å². The van der Waals surface area contributed by atoms with Gasteiger partial charge in [0.05, 0.1) is 6.10 Å². The zero-order valence-corrected chi connectivity index (χ0v) is 10.7. The molecule has 1 fully saturated rings. The molecule has 0 N–H and O–H groups in total. The second-order valence-electron chi connectivity index (χ2n) is 5.28. The molecule has 0 aliphatic carbocycles. The lowest BCUT2D eigenvalue weighted by molar-refractivity contribution is -0.138. The maximum atomic E-state index is 11.0. The zero-order valence-electron chi connectivity index (χ0n) is 10.7. The van der Waals surface area contributed by atoms with Gasteiger partial charge in [-0.3, -0.25) is 4.79 Å². The van der Waals surface area contributed by atoms with Crippen LogP contribution in [-0.4, -0.2) is 18.7 Å². The smallest absolute Gasteiger partial charge is 0.307 e. The normalized spacial score (nSPS) is 23.0. The average Bonchev–Trinajstić information content (AvgIpc) is 2.16. The topological polar surface area (TPSA) is 35.5 Å². The zero-order chi connectivity index (χ0) is 12.2. The molecule has 0 aromatic rings. The summed E-state index contributed by atoms with van der Waals surface area (Å²) in [6.45, 7) is 8.33. The molecule has 0 amide bonds. The number of carbonyl (C=O) groups excluding carboxylic acids is 1. The number of hydrogen-bond acceptors (Lipinski definition) is 3. The van der Waals surface area contributed by atoms with E-state index in [0.717, 1.165) is 19.4 Å². The fourth-order valence-corrected chi connectivity index (χ4v) is 1.66. The van der Waals surface area contributed by atoms with Gasteiger partial charge in [0.1, 0.15) is 5.76 Å². The number of allylic oxidation sites excluding steroid dienone is 1.